The number of hydrogen-bond donors (Lipinski definition) is 0. The van der Waals surface area contributed by atoms with Crippen LogP contribution in [0.25, 0.3) is 11.5 Å². The van der Waals surface area contributed by atoms with Gasteiger partial charge in [-0.3, -0.25) is 9.67 Å². The fourth-order valence-electron chi connectivity index (χ4n) is 1.89. The average Bonchev–Trinajstić information content (AvgIpc) is 3.23. The monoisotopic (exact) mass is 317 g/mol. The molecular weight excluding hydrogens is 301 g/mol. The molecule has 7 nitrogen and oxygen atoms in total. The lowest BCUT2D eigenvalue weighted by molar-refractivity contribution is 0.285. The molecule has 0 aromatic carbocycles. The van der Waals surface area contributed by atoms with Crippen LogP contribution in [0.3, 0.4) is 0 Å². The van der Waals surface area contributed by atoms with Gasteiger partial charge in [0.2, 0.25) is 11.8 Å². The van der Waals surface area contributed by atoms with Crippen LogP contribution < -0.4 is 4.74 Å². The summed E-state index contributed by atoms with van der Waals surface area (Å²) in [6.45, 7) is 4.44. The first-order valence-electron chi connectivity index (χ1n) is 7.24. The predicted molar refractivity (Wildman–Crippen MR) is 79.3 cm³/mol. The van der Waals surface area contributed by atoms with Crippen molar-refractivity contribution in [2.24, 2.45) is 0 Å². The molecule has 0 aliphatic rings. The van der Waals surface area contributed by atoms with Gasteiger partial charge in [0.25, 0.3) is 5.89 Å². The van der Waals surface area contributed by atoms with Crippen molar-refractivity contribution in [1.82, 2.24) is 25.0 Å². The van der Waals surface area contributed by atoms with E-state index in [1.54, 1.807) is 29.1 Å². The lowest BCUT2D eigenvalue weighted by Crippen LogP contribution is -2.00. The van der Waals surface area contributed by atoms with Gasteiger partial charge in [-0.1, -0.05) is 0 Å². The third-order valence-corrected chi connectivity index (χ3v) is 3.16. The second-order valence-corrected chi connectivity index (χ2v) is 4.90. The van der Waals surface area contributed by atoms with E-state index in [4.69, 9.17) is 9.15 Å². The Labute approximate surface area is 132 Å². The summed E-state index contributed by atoms with van der Waals surface area (Å²) in [5.74, 6) is 0.751. The molecule has 0 saturated heterocycles. The van der Waals surface area contributed by atoms with Crippen LogP contribution in [0.15, 0.2) is 35.0 Å². The topological polar surface area (TPSA) is 78.9 Å². The van der Waals surface area contributed by atoms with Crippen molar-refractivity contribution in [2.45, 2.75) is 33.2 Å². The Bertz CT molecular complexity index is 766. The maximum absolute atomic E-state index is 13.1. The van der Waals surface area contributed by atoms with E-state index >= 15 is 0 Å². The van der Waals surface area contributed by atoms with Gasteiger partial charge < -0.3 is 9.15 Å². The summed E-state index contributed by atoms with van der Waals surface area (Å²) in [6, 6.07) is 5.36. The Balaban J connectivity index is 1.64. The maximum Gasteiger partial charge on any atom is 0.250 e. The molecule has 1 atom stereocenters. The molecule has 0 saturated carbocycles. The first-order valence-corrected chi connectivity index (χ1v) is 7.24. The minimum atomic E-state index is -1.29. The predicted octanol–water partition coefficient (Wildman–Crippen LogP) is 2.96. The van der Waals surface area contributed by atoms with Gasteiger partial charge in [-0.2, -0.15) is 0 Å². The van der Waals surface area contributed by atoms with E-state index in [0.29, 0.717) is 18.1 Å². The number of aromatic nitrogens is 5. The van der Waals surface area contributed by atoms with Crippen molar-refractivity contribution in [3.63, 3.8) is 0 Å². The first-order chi connectivity index (χ1) is 11.2. The molecule has 3 aromatic heterocycles. The summed E-state index contributed by atoms with van der Waals surface area (Å²) < 4.78 is 25.7. The highest BCUT2D eigenvalue weighted by molar-refractivity contribution is 5.50. The van der Waals surface area contributed by atoms with Crippen molar-refractivity contribution in [2.75, 3.05) is 0 Å². The molecule has 0 aliphatic carbocycles. The zero-order valence-corrected chi connectivity index (χ0v) is 12.8. The number of alkyl halides is 1. The smallest absolute Gasteiger partial charge is 0.250 e. The maximum atomic E-state index is 13.1. The molecule has 1 unspecified atom stereocenters. The number of halogens is 1. The molecule has 0 aliphatic heterocycles. The fraction of sp³-hybridized carbons (Fsp3) is 0.333. The van der Waals surface area contributed by atoms with Crippen molar-refractivity contribution in [3.05, 3.63) is 42.2 Å². The molecule has 0 N–H and O–H groups in total. The fourth-order valence-corrected chi connectivity index (χ4v) is 1.89. The van der Waals surface area contributed by atoms with Crippen LogP contribution >= 0.6 is 0 Å². The number of pyridine rings is 1. The first kappa shape index (κ1) is 15.1. The number of ether oxygens (including phenoxy) is 1. The molecule has 0 radical (unpaired) electrons. The molecule has 0 bridgehead atoms. The Morgan fingerprint density at radius 2 is 2.17 bits per heavy atom. The molecule has 23 heavy (non-hydrogen) atoms. The highest BCUT2D eigenvalue weighted by Gasteiger charge is 2.14. The van der Waals surface area contributed by atoms with E-state index in [-0.39, 0.29) is 11.8 Å². The van der Waals surface area contributed by atoms with Crippen LogP contribution in [0, 0.1) is 0 Å². The van der Waals surface area contributed by atoms with Crippen LogP contribution in [0.2, 0.25) is 0 Å². The van der Waals surface area contributed by atoms with Crippen LogP contribution in [-0.4, -0.2) is 25.0 Å². The van der Waals surface area contributed by atoms with Crippen LogP contribution in [0.5, 0.6) is 5.88 Å². The summed E-state index contributed by atoms with van der Waals surface area (Å²) in [5.41, 5.74) is 1.36. The molecular formula is C15H16FN5O2. The van der Waals surface area contributed by atoms with E-state index in [1.807, 2.05) is 13.1 Å². The van der Waals surface area contributed by atoms with Gasteiger partial charge in [0.1, 0.15) is 6.61 Å². The van der Waals surface area contributed by atoms with Crippen molar-refractivity contribution in [3.8, 4) is 17.3 Å². The summed E-state index contributed by atoms with van der Waals surface area (Å²) >= 11 is 0. The summed E-state index contributed by atoms with van der Waals surface area (Å²) in [4.78, 5) is 4.27. The third kappa shape index (κ3) is 3.53. The third-order valence-electron chi connectivity index (χ3n) is 3.16. The SMILES string of the molecule is CCn1ccc(OCc2ccc(-c3nnc(C(C)F)o3)cn2)n1. The lowest BCUT2D eigenvalue weighted by Gasteiger charge is -2.03. The molecule has 0 amide bonds. The van der Waals surface area contributed by atoms with E-state index in [2.05, 4.69) is 20.3 Å². The van der Waals surface area contributed by atoms with Gasteiger partial charge >= 0.3 is 0 Å². The Morgan fingerprint density at radius 1 is 1.30 bits per heavy atom. The largest absolute Gasteiger partial charge is 0.470 e. The second kappa shape index (κ2) is 6.55. The number of nitrogens with zero attached hydrogens (tertiary/aromatic N) is 5. The molecule has 3 aromatic rings. The van der Waals surface area contributed by atoms with Crippen LogP contribution in [0.1, 0.15) is 31.6 Å². The van der Waals surface area contributed by atoms with E-state index in [9.17, 15) is 4.39 Å². The Morgan fingerprint density at radius 3 is 2.78 bits per heavy atom. The Hall–Kier alpha value is -2.77. The molecule has 8 heteroatoms. The molecule has 120 valence electrons. The van der Waals surface area contributed by atoms with E-state index in [0.717, 1.165) is 12.2 Å². The molecule has 0 spiro atoms. The van der Waals surface area contributed by atoms with Crippen LogP contribution in [0.4, 0.5) is 4.39 Å². The minimum absolute atomic E-state index is 0.0427. The number of aryl methyl sites for hydroxylation is 1. The van der Waals surface area contributed by atoms with Gasteiger partial charge in [0.05, 0.1) is 11.3 Å². The molecule has 3 rings (SSSR count). The van der Waals surface area contributed by atoms with Crippen molar-refractivity contribution < 1.29 is 13.5 Å². The van der Waals surface area contributed by atoms with Crippen molar-refractivity contribution in [1.29, 1.82) is 0 Å². The zero-order valence-electron chi connectivity index (χ0n) is 12.8. The summed E-state index contributed by atoms with van der Waals surface area (Å²) in [7, 11) is 0. The summed E-state index contributed by atoms with van der Waals surface area (Å²) in [5, 5.41) is 11.7. The molecule has 0 fully saturated rings. The van der Waals surface area contributed by atoms with Crippen LogP contribution in [-0.2, 0) is 13.2 Å². The quantitative estimate of drug-likeness (QED) is 0.695. The average molecular weight is 317 g/mol. The zero-order chi connectivity index (χ0) is 16.2. The van der Waals surface area contributed by atoms with Gasteiger partial charge in [0, 0.05) is 25.0 Å². The Kier molecular flexibility index (Phi) is 4.31. The summed E-state index contributed by atoms with van der Waals surface area (Å²) in [6.07, 6.45) is 2.15. The number of rotatable bonds is 6. The van der Waals surface area contributed by atoms with Crippen molar-refractivity contribution >= 4 is 0 Å². The molecule has 3 heterocycles. The minimum Gasteiger partial charge on any atom is -0.470 e. The highest BCUT2D eigenvalue weighted by atomic mass is 19.1. The lowest BCUT2D eigenvalue weighted by atomic mass is 10.2. The van der Waals surface area contributed by atoms with Gasteiger partial charge in [-0.25, -0.2) is 4.39 Å². The van der Waals surface area contributed by atoms with E-state index in [1.165, 1.54) is 6.92 Å². The van der Waals surface area contributed by atoms with Gasteiger partial charge in [-0.05, 0) is 26.0 Å². The second-order valence-electron chi connectivity index (χ2n) is 4.90. The number of hydrogen-bond acceptors (Lipinski definition) is 6. The highest BCUT2D eigenvalue weighted by Crippen LogP contribution is 2.21. The van der Waals surface area contributed by atoms with Gasteiger partial charge in [0.15, 0.2) is 6.17 Å². The normalized spacial score (nSPS) is 12.3. The standard InChI is InChI=1S/C15H16FN5O2/c1-3-21-7-6-13(20-21)22-9-12-5-4-11(8-17-12)15-19-18-14(23-15)10(2)16/h4-8,10H,3,9H2,1-2H3. The van der Waals surface area contributed by atoms with E-state index < -0.39 is 6.17 Å². The van der Waals surface area contributed by atoms with Gasteiger partial charge in [-0.15, -0.1) is 15.3 Å².